The Labute approximate surface area is 114 Å². The average Bonchev–Trinajstić information content (AvgIpc) is 2.36. The van der Waals surface area contributed by atoms with Gasteiger partial charge >= 0.3 is 0 Å². The highest BCUT2D eigenvalue weighted by atomic mass is 32.1. The number of hydrogen-bond donors (Lipinski definition) is 1. The van der Waals surface area contributed by atoms with Crippen LogP contribution in [0.25, 0.3) is 0 Å². The number of carbonyl (C=O) groups excluding carboxylic acids is 3. The van der Waals surface area contributed by atoms with Gasteiger partial charge in [-0.05, 0) is 25.7 Å². The van der Waals surface area contributed by atoms with Crippen LogP contribution in [0.3, 0.4) is 0 Å². The summed E-state index contributed by atoms with van der Waals surface area (Å²) in [4.78, 5) is 37.2. The number of amides is 1. The van der Waals surface area contributed by atoms with Crippen LogP contribution in [-0.2, 0) is 14.4 Å². The molecule has 1 amide bonds. The molecule has 1 aliphatic heterocycles. The monoisotopic (exact) mass is 271 g/mol. The predicted molar refractivity (Wildman–Crippen MR) is 72.4 cm³/mol. The molecule has 0 spiro atoms. The fourth-order valence-corrected chi connectivity index (χ4v) is 2.28. The number of carbonyl (C=O) groups is 3. The molecule has 1 heterocycles. The molecule has 5 heteroatoms. The predicted octanol–water partition coefficient (Wildman–Crippen LogP) is 1.83. The molecule has 1 aliphatic rings. The van der Waals surface area contributed by atoms with Crippen molar-refractivity contribution in [3.8, 4) is 0 Å². The third kappa shape index (κ3) is 3.13. The lowest BCUT2D eigenvalue weighted by Crippen LogP contribution is -2.51. The van der Waals surface area contributed by atoms with Gasteiger partial charge in [0.1, 0.15) is 6.04 Å². The van der Waals surface area contributed by atoms with Gasteiger partial charge in [0, 0.05) is 12.0 Å². The molecular formula is C13H21NO3S. The minimum Gasteiger partial charge on any atom is -0.325 e. The number of ketones is 1. The van der Waals surface area contributed by atoms with Crippen LogP contribution in [-0.4, -0.2) is 34.3 Å². The molecule has 0 aromatic heterocycles. The summed E-state index contributed by atoms with van der Waals surface area (Å²) in [5.41, 5.74) is -0.668. The molecule has 4 nitrogen and oxygen atoms in total. The number of hydrogen-bond acceptors (Lipinski definition) is 3. The van der Waals surface area contributed by atoms with Crippen LogP contribution >= 0.6 is 12.6 Å². The highest BCUT2D eigenvalue weighted by molar-refractivity contribution is 7.96. The van der Waals surface area contributed by atoms with Gasteiger partial charge in [-0.3, -0.25) is 14.4 Å². The Kier molecular flexibility index (Phi) is 4.96. The second-order valence-electron chi connectivity index (χ2n) is 5.41. The van der Waals surface area contributed by atoms with Gasteiger partial charge in [-0.2, -0.15) is 0 Å². The third-order valence-electron chi connectivity index (χ3n) is 3.74. The van der Waals surface area contributed by atoms with Crippen molar-refractivity contribution in [3.05, 3.63) is 0 Å². The third-order valence-corrected chi connectivity index (χ3v) is 4.04. The Balaban J connectivity index is 2.87. The van der Waals surface area contributed by atoms with E-state index < -0.39 is 23.1 Å². The minimum absolute atomic E-state index is 0.329. The van der Waals surface area contributed by atoms with Gasteiger partial charge < -0.3 is 4.90 Å². The molecule has 1 atom stereocenters. The Morgan fingerprint density at radius 3 is 2.39 bits per heavy atom. The van der Waals surface area contributed by atoms with Gasteiger partial charge in [0.05, 0.1) is 0 Å². The molecule has 1 fully saturated rings. The normalized spacial score (nSPS) is 20.7. The van der Waals surface area contributed by atoms with E-state index >= 15 is 0 Å². The maximum absolute atomic E-state index is 12.2. The molecule has 0 unspecified atom stereocenters. The van der Waals surface area contributed by atoms with Crippen molar-refractivity contribution in [2.24, 2.45) is 5.41 Å². The Hall–Kier alpha value is -0.840. The van der Waals surface area contributed by atoms with Crippen LogP contribution in [0.2, 0.25) is 0 Å². The summed E-state index contributed by atoms with van der Waals surface area (Å²) in [6, 6.07) is -0.536. The van der Waals surface area contributed by atoms with Gasteiger partial charge in [-0.1, -0.05) is 20.8 Å². The molecular weight excluding hydrogens is 250 g/mol. The lowest BCUT2D eigenvalue weighted by Gasteiger charge is -2.35. The zero-order valence-electron chi connectivity index (χ0n) is 11.2. The molecule has 18 heavy (non-hydrogen) atoms. The molecule has 0 bridgehead atoms. The maximum atomic E-state index is 12.2. The van der Waals surface area contributed by atoms with E-state index in [-0.39, 0.29) is 5.12 Å². The molecule has 0 aromatic carbocycles. The van der Waals surface area contributed by atoms with E-state index in [0.29, 0.717) is 19.4 Å². The van der Waals surface area contributed by atoms with Gasteiger partial charge in [0.2, 0.25) is 10.9 Å². The lowest BCUT2D eigenvalue weighted by atomic mass is 9.84. The molecule has 0 radical (unpaired) electrons. The molecule has 1 saturated heterocycles. The second-order valence-corrected chi connectivity index (χ2v) is 5.86. The second kappa shape index (κ2) is 5.87. The number of nitrogens with zero attached hydrogens (tertiary/aromatic N) is 1. The molecule has 1 rings (SSSR count). The first-order valence-electron chi connectivity index (χ1n) is 6.39. The fraction of sp³-hybridized carbons (Fsp3) is 0.769. The molecule has 0 aromatic rings. The number of rotatable bonds is 4. The molecule has 102 valence electrons. The van der Waals surface area contributed by atoms with E-state index in [9.17, 15) is 14.4 Å². The summed E-state index contributed by atoms with van der Waals surface area (Å²) in [6.07, 6.45) is 2.94. The summed E-state index contributed by atoms with van der Waals surface area (Å²) in [6.45, 7) is 5.87. The molecule has 0 aliphatic carbocycles. The van der Waals surface area contributed by atoms with E-state index in [1.54, 1.807) is 13.8 Å². The van der Waals surface area contributed by atoms with Crippen molar-refractivity contribution in [3.63, 3.8) is 0 Å². The van der Waals surface area contributed by atoms with Crippen LogP contribution < -0.4 is 0 Å². The van der Waals surface area contributed by atoms with E-state index in [4.69, 9.17) is 0 Å². The van der Waals surface area contributed by atoms with Gasteiger partial charge in [0.25, 0.3) is 5.91 Å². The first-order valence-corrected chi connectivity index (χ1v) is 6.84. The van der Waals surface area contributed by atoms with Crippen LogP contribution in [0, 0.1) is 5.41 Å². The summed E-state index contributed by atoms with van der Waals surface area (Å²) >= 11 is 3.81. The summed E-state index contributed by atoms with van der Waals surface area (Å²) in [7, 11) is 0. The first kappa shape index (κ1) is 15.2. The SMILES string of the molecule is CCC(C)(C)C(=O)C(=O)N1CCCC[C@@H]1C(=O)S. The van der Waals surface area contributed by atoms with E-state index in [1.165, 1.54) is 4.90 Å². The molecule has 0 N–H and O–H groups in total. The smallest absolute Gasteiger partial charge is 0.291 e. The summed E-state index contributed by atoms with van der Waals surface area (Å²) in [5.74, 6) is -0.944. The van der Waals surface area contributed by atoms with Crippen molar-refractivity contribution < 1.29 is 14.4 Å². The highest BCUT2D eigenvalue weighted by Crippen LogP contribution is 2.25. The summed E-state index contributed by atoms with van der Waals surface area (Å²) < 4.78 is 0. The zero-order chi connectivity index (χ0) is 13.9. The standard InChI is InChI=1S/C13H21NO3S/c1-4-13(2,3)10(15)11(16)14-8-6-5-7-9(14)12(17)18/h9H,4-8H2,1-3H3,(H,17,18)/t9-/m1/s1. The van der Waals surface area contributed by atoms with Gasteiger partial charge in [0.15, 0.2) is 0 Å². The lowest BCUT2D eigenvalue weighted by molar-refractivity contribution is -0.152. The van der Waals surface area contributed by atoms with Crippen molar-refractivity contribution in [1.29, 1.82) is 0 Å². The average molecular weight is 271 g/mol. The Bertz CT molecular complexity index is 365. The van der Waals surface area contributed by atoms with Crippen LogP contribution in [0.5, 0.6) is 0 Å². The van der Waals surface area contributed by atoms with Gasteiger partial charge in [-0.25, -0.2) is 0 Å². The van der Waals surface area contributed by atoms with E-state index in [2.05, 4.69) is 12.6 Å². The zero-order valence-corrected chi connectivity index (χ0v) is 12.1. The van der Waals surface area contributed by atoms with Crippen LogP contribution in [0.1, 0.15) is 46.5 Å². The largest absolute Gasteiger partial charge is 0.325 e. The quantitative estimate of drug-likeness (QED) is 0.627. The number of piperidine rings is 1. The minimum atomic E-state index is -0.668. The highest BCUT2D eigenvalue weighted by Gasteiger charge is 2.39. The van der Waals surface area contributed by atoms with E-state index in [0.717, 1.165) is 12.8 Å². The van der Waals surface area contributed by atoms with Crippen molar-refractivity contribution in [2.75, 3.05) is 6.54 Å². The van der Waals surface area contributed by atoms with Crippen molar-refractivity contribution in [1.82, 2.24) is 4.90 Å². The maximum Gasteiger partial charge on any atom is 0.291 e. The van der Waals surface area contributed by atoms with Crippen molar-refractivity contribution >= 4 is 29.4 Å². The van der Waals surface area contributed by atoms with Gasteiger partial charge in [-0.15, -0.1) is 12.6 Å². The van der Waals surface area contributed by atoms with Crippen LogP contribution in [0.15, 0.2) is 0 Å². The Morgan fingerprint density at radius 1 is 1.28 bits per heavy atom. The fourth-order valence-electron chi connectivity index (χ4n) is 2.01. The first-order chi connectivity index (χ1) is 8.31. The Morgan fingerprint density at radius 2 is 1.89 bits per heavy atom. The summed E-state index contributed by atoms with van der Waals surface area (Å²) in [5, 5.41) is -0.329. The van der Waals surface area contributed by atoms with E-state index in [1.807, 2.05) is 6.92 Å². The number of Topliss-reactive ketones (excluding diaryl/α,β-unsaturated/α-hetero) is 1. The van der Waals surface area contributed by atoms with Crippen molar-refractivity contribution in [2.45, 2.75) is 52.5 Å². The number of thiol groups is 1. The van der Waals surface area contributed by atoms with Crippen LogP contribution in [0.4, 0.5) is 0 Å². The topological polar surface area (TPSA) is 54.5 Å². The number of likely N-dealkylation sites (tertiary alicyclic amines) is 1. The molecule has 0 saturated carbocycles.